The van der Waals surface area contributed by atoms with Crippen LogP contribution in [0.15, 0.2) is 47.4 Å². The predicted octanol–water partition coefficient (Wildman–Crippen LogP) is 2.75. The molecule has 2 unspecified atom stereocenters. The molecule has 0 aromatic heterocycles. The van der Waals surface area contributed by atoms with Gasteiger partial charge in [0.2, 0.25) is 11.9 Å². The Bertz CT molecular complexity index is 1040. The summed E-state index contributed by atoms with van der Waals surface area (Å²) in [6.45, 7) is 0. The molecule has 3 rings (SSSR count). The fourth-order valence-electron chi connectivity index (χ4n) is 2.64. The number of para-hydroxylation sites is 1. The summed E-state index contributed by atoms with van der Waals surface area (Å²) in [5.74, 6) is -1.19. The lowest BCUT2D eigenvalue weighted by Crippen LogP contribution is -2.19. The van der Waals surface area contributed by atoms with E-state index in [4.69, 9.17) is 16.3 Å². The van der Waals surface area contributed by atoms with E-state index in [0.717, 1.165) is 0 Å². The zero-order chi connectivity index (χ0) is 20.5. The van der Waals surface area contributed by atoms with E-state index in [1.807, 2.05) is 0 Å². The van der Waals surface area contributed by atoms with Gasteiger partial charge in [-0.1, -0.05) is 23.7 Å². The molecule has 9 nitrogen and oxygen atoms in total. The molecular formula is C17H16ClN3O6S. The largest absolute Gasteiger partial charge is 0.495 e. The number of hydrogen-bond donors (Lipinski definition) is 2. The van der Waals surface area contributed by atoms with E-state index in [-0.39, 0.29) is 33.5 Å². The molecule has 0 heterocycles. The minimum atomic E-state index is -4.08. The van der Waals surface area contributed by atoms with Crippen molar-refractivity contribution in [3.63, 3.8) is 0 Å². The smallest absolute Gasteiger partial charge is 0.265 e. The van der Waals surface area contributed by atoms with E-state index < -0.39 is 32.8 Å². The summed E-state index contributed by atoms with van der Waals surface area (Å²) in [6.07, 6.45) is 0.161. The molecule has 1 aliphatic carbocycles. The van der Waals surface area contributed by atoms with Crippen molar-refractivity contribution in [2.75, 3.05) is 17.1 Å². The van der Waals surface area contributed by atoms with Crippen LogP contribution in [0.5, 0.6) is 5.75 Å². The van der Waals surface area contributed by atoms with Crippen LogP contribution in [0.3, 0.4) is 0 Å². The van der Waals surface area contributed by atoms with Gasteiger partial charge < -0.3 is 10.1 Å². The Labute approximate surface area is 165 Å². The Morgan fingerprint density at radius 2 is 2.00 bits per heavy atom. The van der Waals surface area contributed by atoms with Crippen LogP contribution in [0.1, 0.15) is 6.42 Å². The number of hydrogen-bond acceptors (Lipinski definition) is 6. The van der Waals surface area contributed by atoms with Crippen LogP contribution in [0.2, 0.25) is 5.02 Å². The number of rotatable bonds is 7. The van der Waals surface area contributed by atoms with E-state index in [9.17, 15) is 23.3 Å². The standard InChI is InChI=1S/C17H16ClN3O6S/c1-27-15-7-6-10(19-17(22)11-9-14(11)21(23)24)8-16(15)28(25,26)20-13-5-3-2-4-12(13)18/h2-8,11,14,20H,9H2,1H3,(H,19,22). The summed E-state index contributed by atoms with van der Waals surface area (Å²) >= 11 is 6.00. The van der Waals surface area contributed by atoms with E-state index >= 15 is 0 Å². The van der Waals surface area contributed by atoms with Gasteiger partial charge in [0.1, 0.15) is 16.6 Å². The molecule has 0 aliphatic heterocycles. The third kappa shape index (κ3) is 4.18. The number of amides is 1. The maximum absolute atomic E-state index is 12.8. The van der Waals surface area contributed by atoms with Crippen molar-refractivity contribution in [2.24, 2.45) is 5.92 Å². The van der Waals surface area contributed by atoms with Crippen molar-refractivity contribution in [1.82, 2.24) is 0 Å². The third-order valence-electron chi connectivity index (χ3n) is 4.20. The normalized spacial score (nSPS) is 18.2. The van der Waals surface area contributed by atoms with Gasteiger partial charge in [0.05, 0.1) is 17.8 Å². The number of methoxy groups -OCH3 is 1. The topological polar surface area (TPSA) is 128 Å². The number of nitrogens with one attached hydrogen (secondary N) is 2. The van der Waals surface area contributed by atoms with Crippen molar-refractivity contribution >= 4 is 38.9 Å². The van der Waals surface area contributed by atoms with Crippen LogP contribution >= 0.6 is 11.6 Å². The van der Waals surface area contributed by atoms with Crippen molar-refractivity contribution in [1.29, 1.82) is 0 Å². The van der Waals surface area contributed by atoms with Gasteiger partial charge in [0.15, 0.2) is 0 Å². The lowest BCUT2D eigenvalue weighted by molar-refractivity contribution is -0.497. The van der Waals surface area contributed by atoms with Crippen LogP contribution < -0.4 is 14.8 Å². The molecule has 0 saturated heterocycles. The summed E-state index contributed by atoms with van der Waals surface area (Å²) in [4.78, 5) is 22.1. The minimum absolute atomic E-state index is 0.0622. The number of nitrogens with zero attached hydrogens (tertiary/aromatic N) is 1. The Morgan fingerprint density at radius 1 is 1.29 bits per heavy atom. The maximum Gasteiger partial charge on any atom is 0.265 e. The van der Waals surface area contributed by atoms with Gasteiger partial charge in [-0.3, -0.25) is 19.6 Å². The molecule has 2 N–H and O–H groups in total. The highest BCUT2D eigenvalue weighted by Crippen LogP contribution is 2.35. The number of ether oxygens (including phenoxy) is 1. The van der Waals surface area contributed by atoms with Crippen molar-refractivity contribution < 1.29 is 22.9 Å². The first-order chi connectivity index (χ1) is 13.2. The minimum Gasteiger partial charge on any atom is -0.495 e. The van der Waals surface area contributed by atoms with Crippen LogP contribution in [0.4, 0.5) is 11.4 Å². The number of halogens is 1. The van der Waals surface area contributed by atoms with Gasteiger partial charge in [-0.05, 0) is 30.3 Å². The Hall–Kier alpha value is -2.85. The second-order valence-corrected chi connectivity index (χ2v) is 8.19. The molecule has 0 radical (unpaired) electrons. The number of benzene rings is 2. The van der Waals surface area contributed by atoms with Gasteiger partial charge in [-0.25, -0.2) is 8.42 Å². The van der Waals surface area contributed by atoms with E-state index in [2.05, 4.69) is 10.0 Å². The van der Waals surface area contributed by atoms with Crippen LogP contribution in [0, 0.1) is 16.0 Å². The molecular weight excluding hydrogens is 410 g/mol. The molecule has 2 atom stereocenters. The SMILES string of the molecule is COc1ccc(NC(=O)C2CC2[N+](=O)[O-])cc1S(=O)(=O)Nc1ccccc1Cl. The van der Waals surface area contributed by atoms with E-state index in [1.165, 1.54) is 37.4 Å². The summed E-state index contributed by atoms with van der Waals surface area (Å²) < 4.78 is 33.1. The van der Waals surface area contributed by atoms with Gasteiger partial charge in [0.25, 0.3) is 10.0 Å². The second-order valence-electron chi connectivity index (χ2n) is 6.14. The number of carbonyl (C=O) groups is 1. The number of anilines is 2. The fraction of sp³-hybridized carbons (Fsp3) is 0.235. The Balaban J connectivity index is 1.86. The van der Waals surface area contributed by atoms with Crippen LogP contribution in [-0.4, -0.2) is 32.4 Å². The summed E-state index contributed by atoms with van der Waals surface area (Å²) in [6, 6.07) is 9.48. The highest BCUT2D eigenvalue weighted by atomic mass is 35.5. The molecule has 0 spiro atoms. The first kappa shape index (κ1) is 19.9. The van der Waals surface area contributed by atoms with Gasteiger partial charge in [-0.2, -0.15) is 0 Å². The second kappa shape index (κ2) is 7.64. The predicted molar refractivity (Wildman–Crippen MR) is 103 cm³/mol. The molecule has 1 fully saturated rings. The summed E-state index contributed by atoms with van der Waals surface area (Å²) in [5.41, 5.74) is 0.367. The average Bonchev–Trinajstić information content (AvgIpc) is 3.45. The third-order valence-corrected chi connectivity index (χ3v) is 5.92. The maximum atomic E-state index is 12.8. The van der Waals surface area contributed by atoms with E-state index in [0.29, 0.717) is 0 Å². The first-order valence-corrected chi connectivity index (χ1v) is 9.99. The molecule has 1 aliphatic rings. The zero-order valence-corrected chi connectivity index (χ0v) is 16.2. The summed E-state index contributed by atoms with van der Waals surface area (Å²) in [5, 5.41) is 13.4. The molecule has 148 valence electrons. The molecule has 2 aromatic carbocycles. The molecule has 1 saturated carbocycles. The lowest BCUT2D eigenvalue weighted by atomic mass is 10.3. The highest BCUT2D eigenvalue weighted by molar-refractivity contribution is 7.92. The highest BCUT2D eigenvalue weighted by Gasteiger charge is 2.53. The van der Waals surface area contributed by atoms with Crippen LogP contribution in [-0.2, 0) is 14.8 Å². The first-order valence-electron chi connectivity index (χ1n) is 8.12. The molecule has 11 heteroatoms. The molecule has 2 aromatic rings. The van der Waals surface area contributed by atoms with E-state index in [1.54, 1.807) is 12.1 Å². The number of sulfonamides is 1. The quantitative estimate of drug-likeness (QED) is 0.518. The van der Waals surface area contributed by atoms with Gasteiger partial charge >= 0.3 is 0 Å². The number of carbonyl (C=O) groups excluding carboxylic acids is 1. The van der Waals surface area contributed by atoms with Crippen LogP contribution in [0.25, 0.3) is 0 Å². The monoisotopic (exact) mass is 425 g/mol. The molecule has 28 heavy (non-hydrogen) atoms. The fourth-order valence-corrected chi connectivity index (χ4v) is 4.15. The van der Waals surface area contributed by atoms with Crippen molar-refractivity contribution in [2.45, 2.75) is 17.4 Å². The van der Waals surface area contributed by atoms with Crippen molar-refractivity contribution in [3.8, 4) is 5.75 Å². The molecule has 1 amide bonds. The Kier molecular flexibility index (Phi) is 5.43. The average molecular weight is 426 g/mol. The Morgan fingerprint density at radius 3 is 2.61 bits per heavy atom. The molecule has 0 bridgehead atoms. The lowest BCUT2D eigenvalue weighted by Gasteiger charge is -2.14. The van der Waals surface area contributed by atoms with Gasteiger partial charge in [0, 0.05) is 17.0 Å². The zero-order valence-electron chi connectivity index (χ0n) is 14.6. The number of nitro groups is 1. The summed E-state index contributed by atoms with van der Waals surface area (Å²) in [7, 11) is -2.77. The van der Waals surface area contributed by atoms with Gasteiger partial charge in [-0.15, -0.1) is 0 Å². The van der Waals surface area contributed by atoms with Crippen molar-refractivity contribution in [3.05, 3.63) is 57.6 Å².